The first kappa shape index (κ1) is 14.0. The molecule has 6 nitrogen and oxygen atoms in total. The molecule has 0 unspecified atom stereocenters. The molecule has 0 saturated heterocycles. The zero-order chi connectivity index (χ0) is 14.5. The Kier molecular flexibility index (Phi) is 4.34. The summed E-state index contributed by atoms with van der Waals surface area (Å²) < 4.78 is 5.23. The van der Waals surface area contributed by atoms with Crippen LogP contribution in [-0.2, 0) is 0 Å². The molecule has 1 aromatic heterocycles. The van der Waals surface area contributed by atoms with Gasteiger partial charge >= 0.3 is 6.01 Å². The van der Waals surface area contributed by atoms with Crippen LogP contribution in [0.3, 0.4) is 0 Å². The number of rotatable bonds is 5. The van der Waals surface area contributed by atoms with Crippen molar-refractivity contribution in [3.05, 3.63) is 29.8 Å². The minimum atomic E-state index is 0.129. The van der Waals surface area contributed by atoms with Gasteiger partial charge in [0, 0.05) is 5.69 Å². The summed E-state index contributed by atoms with van der Waals surface area (Å²) >= 11 is 0. The maximum Gasteiger partial charge on any atom is 0.323 e. The molecule has 6 heteroatoms. The lowest BCUT2D eigenvalue weighted by Gasteiger charge is -2.09. The highest BCUT2D eigenvalue weighted by Crippen LogP contribution is 2.20. The molecule has 0 fully saturated rings. The second-order valence-corrected chi connectivity index (χ2v) is 4.63. The Morgan fingerprint density at radius 2 is 1.85 bits per heavy atom. The lowest BCUT2D eigenvalue weighted by molar-refractivity contribution is 0.312. The molecule has 0 amide bonds. The minimum Gasteiger partial charge on any atom is -0.464 e. The van der Waals surface area contributed by atoms with Crippen molar-refractivity contribution in [1.82, 2.24) is 15.0 Å². The van der Waals surface area contributed by atoms with Gasteiger partial charge in [0.25, 0.3) is 0 Å². The van der Waals surface area contributed by atoms with Gasteiger partial charge in [-0.15, -0.1) is 0 Å². The number of nitrogens with zero attached hydrogens (tertiary/aromatic N) is 3. The number of aromatic nitrogens is 3. The molecule has 0 aliphatic heterocycles. The summed E-state index contributed by atoms with van der Waals surface area (Å²) in [5.74, 6) is 1.00. The Hall–Kier alpha value is -2.37. The van der Waals surface area contributed by atoms with E-state index in [2.05, 4.69) is 46.2 Å². The fourth-order valence-corrected chi connectivity index (χ4v) is 1.70. The van der Waals surface area contributed by atoms with E-state index in [9.17, 15) is 0 Å². The Morgan fingerprint density at radius 3 is 2.45 bits per heavy atom. The molecule has 0 bridgehead atoms. The maximum atomic E-state index is 5.62. The molecule has 1 aromatic carbocycles. The summed E-state index contributed by atoms with van der Waals surface area (Å²) in [6.45, 7) is 6.65. The van der Waals surface area contributed by atoms with Crippen molar-refractivity contribution in [3.63, 3.8) is 0 Å². The zero-order valence-corrected chi connectivity index (χ0v) is 11.9. The van der Waals surface area contributed by atoms with Crippen molar-refractivity contribution in [1.29, 1.82) is 0 Å². The van der Waals surface area contributed by atoms with Crippen molar-refractivity contribution in [2.75, 3.05) is 17.7 Å². The van der Waals surface area contributed by atoms with Crippen molar-refractivity contribution in [3.8, 4) is 6.01 Å². The predicted octanol–water partition coefficient (Wildman–Crippen LogP) is 2.72. The van der Waals surface area contributed by atoms with Crippen LogP contribution in [0.25, 0.3) is 0 Å². The average molecular weight is 273 g/mol. The summed E-state index contributed by atoms with van der Waals surface area (Å²) in [5, 5.41) is 3.09. The van der Waals surface area contributed by atoms with Crippen molar-refractivity contribution >= 4 is 17.6 Å². The second-order valence-electron chi connectivity index (χ2n) is 4.63. The SMILES string of the molecule is CCOc1nc(N)nc(Nc2ccc(C(C)C)cc2)n1. The Balaban J connectivity index is 2.16. The number of benzene rings is 1. The van der Waals surface area contributed by atoms with E-state index in [4.69, 9.17) is 10.5 Å². The third-order valence-corrected chi connectivity index (χ3v) is 2.74. The van der Waals surface area contributed by atoms with Crippen LogP contribution in [0, 0.1) is 0 Å². The molecule has 20 heavy (non-hydrogen) atoms. The van der Waals surface area contributed by atoms with Crippen LogP contribution in [0.1, 0.15) is 32.3 Å². The van der Waals surface area contributed by atoms with Crippen LogP contribution >= 0.6 is 0 Å². The van der Waals surface area contributed by atoms with Gasteiger partial charge in [0.05, 0.1) is 6.61 Å². The Morgan fingerprint density at radius 1 is 1.15 bits per heavy atom. The fraction of sp³-hybridized carbons (Fsp3) is 0.357. The number of ether oxygens (including phenoxy) is 1. The van der Waals surface area contributed by atoms with Crippen LogP contribution in [0.5, 0.6) is 6.01 Å². The van der Waals surface area contributed by atoms with Gasteiger partial charge in [0.15, 0.2) is 0 Å². The molecule has 0 spiro atoms. The van der Waals surface area contributed by atoms with Crippen LogP contribution in [0.15, 0.2) is 24.3 Å². The van der Waals surface area contributed by atoms with E-state index < -0.39 is 0 Å². The predicted molar refractivity (Wildman–Crippen MR) is 79.2 cm³/mol. The summed E-state index contributed by atoms with van der Waals surface area (Å²) in [7, 11) is 0. The molecule has 0 saturated carbocycles. The van der Waals surface area contributed by atoms with Gasteiger partial charge in [-0.3, -0.25) is 0 Å². The first-order valence-corrected chi connectivity index (χ1v) is 6.59. The first-order valence-electron chi connectivity index (χ1n) is 6.59. The molecule has 2 aromatic rings. The lowest BCUT2D eigenvalue weighted by Crippen LogP contribution is -2.06. The quantitative estimate of drug-likeness (QED) is 0.871. The molecule has 106 valence electrons. The van der Waals surface area contributed by atoms with E-state index in [1.807, 2.05) is 19.1 Å². The molecule has 0 aliphatic rings. The van der Waals surface area contributed by atoms with Crippen molar-refractivity contribution in [2.45, 2.75) is 26.7 Å². The molecular formula is C14H19N5O. The fourth-order valence-electron chi connectivity index (χ4n) is 1.70. The van der Waals surface area contributed by atoms with Crippen LogP contribution in [-0.4, -0.2) is 21.6 Å². The molecule has 0 atom stereocenters. The molecule has 3 N–H and O–H groups in total. The summed E-state index contributed by atoms with van der Waals surface area (Å²) in [5.41, 5.74) is 7.79. The van der Waals surface area contributed by atoms with E-state index in [1.54, 1.807) is 0 Å². The van der Waals surface area contributed by atoms with E-state index in [0.717, 1.165) is 5.69 Å². The van der Waals surface area contributed by atoms with Gasteiger partial charge in [-0.1, -0.05) is 26.0 Å². The largest absolute Gasteiger partial charge is 0.464 e. The smallest absolute Gasteiger partial charge is 0.323 e. The number of hydrogen-bond acceptors (Lipinski definition) is 6. The summed E-state index contributed by atoms with van der Waals surface area (Å²) in [6.07, 6.45) is 0. The molecule has 0 aliphatic carbocycles. The average Bonchev–Trinajstić information content (AvgIpc) is 2.39. The van der Waals surface area contributed by atoms with E-state index >= 15 is 0 Å². The van der Waals surface area contributed by atoms with E-state index in [0.29, 0.717) is 18.5 Å². The van der Waals surface area contributed by atoms with Crippen molar-refractivity contribution in [2.24, 2.45) is 0 Å². The van der Waals surface area contributed by atoms with Crippen LogP contribution in [0.4, 0.5) is 17.6 Å². The molecular weight excluding hydrogens is 254 g/mol. The normalized spacial score (nSPS) is 10.6. The molecule has 0 radical (unpaired) electrons. The van der Waals surface area contributed by atoms with E-state index in [-0.39, 0.29) is 12.0 Å². The minimum absolute atomic E-state index is 0.129. The highest BCUT2D eigenvalue weighted by atomic mass is 16.5. The third-order valence-electron chi connectivity index (χ3n) is 2.74. The van der Waals surface area contributed by atoms with Gasteiger partial charge in [-0.05, 0) is 30.5 Å². The van der Waals surface area contributed by atoms with Crippen molar-refractivity contribution < 1.29 is 4.74 Å². The molecule has 1 heterocycles. The van der Waals surface area contributed by atoms with E-state index in [1.165, 1.54) is 5.56 Å². The summed E-state index contributed by atoms with van der Waals surface area (Å²) in [4.78, 5) is 12.1. The number of anilines is 3. The maximum absolute atomic E-state index is 5.62. The van der Waals surface area contributed by atoms with Gasteiger partial charge in [-0.25, -0.2) is 0 Å². The monoisotopic (exact) mass is 273 g/mol. The number of nitrogen functional groups attached to an aromatic ring is 1. The Labute approximate surface area is 118 Å². The molecule has 2 rings (SSSR count). The zero-order valence-electron chi connectivity index (χ0n) is 11.9. The lowest BCUT2D eigenvalue weighted by atomic mass is 10.0. The number of nitrogens with two attached hydrogens (primary N) is 1. The van der Waals surface area contributed by atoms with Gasteiger partial charge in [0.2, 0.25) is 11.9 Å². The Bertz CT molecular complexity index is 568. The second kappa shape index (κ2) is 6.18. The van der Waals surface area contributed by atoms with Gasteiger partial charge in [0.1, 0.15) is 0 Å². The van der Waals surface area contributed by atoms with Crippen LogP contribution in [0.2, 0.25) is 0 Å². The first-order chi connectivity index (χ1) is 9.58. The third kappa shape index (κ3) is 3.57. The topological polar surface area (TPSA) is 86.0 Å². The number of nitrogens with one attached hydrogen (secondary N) is 1. The van der Waals surface area contributed by atoms with Crippen LogP contribution < -0.4 is 15.8 Å². The number of hydrogen-bond donors (Lipinski definition) is 2. The standard InChI is InChI=1S/C14H19N5O/c1-4-20-14-18-12(15)17-13(19-14)16-11-7-5-10(6-8-11)9(2)3/h5-9H,4H2,1-3H3,(H3,15,16,17,18,19). The highest BCUT2D eigenvalue weighted by Gasteiger charge is 2.06. The summed E-state index contributed by atoms with van der Waals surface area (Å²) in [6, 6.07) is 8.33. The van der Waals surface area contributed by atoms with Gasteiger partial charge < -0.3 is 15.8 Å². The van der Waals surface area contributed by atoms with Gasteiger partial charge in [-0.2, -0.15) is 15.0 Å². The highest BCUT2D eigenvalue weighted by molar-refractivity contribution is 5.54.